The Kier molecular flexibility index (Phi) is 5.32. The largest absolute Gasteiger partial charge is 0.364 e. The zero-order chi connectivity index (χ0) is 14.5. The average Bonchev–Trinajstić information content (AvgIpc) is 2.74. The van der Waals surface area contributed by atoms with E-state index in [2.05, 4.69) is 11.1 Å². The van der Waals surface area contributed by atoms with Crippen LogP contribution in [-0.2, 0) is 17.2 Å². The summed E-state index contributed by atoms with van der Waals surface area (Å²) in [5, 5.41) is 10.1. The van der Waals surface area contributed by atoms with Crippen LogP contribution in [0.15, 0.2) is 29.4 Å². The maximum Gasteiger partial charge on any atom is 0.172 e. The van der Waals surface area contributed by atoms with Crippen LogP contribution in [-0.4, -0.2) is 16.7 Å². The number of imidazole rings is 1. The van der Waals surface area contributed by atoms with Crippen molar-refractivity contribution in [3.05, 3.63) is 45.7 Å². The van der Waals surface area contributed by atoms with Crippen LogP contribution in [0.3, 0.4) is 0 Å². The number of rotatable bonds is 5. The maximum atomic E-state index is 8.75. The minimum Gasteiger partial charge on any atom is -0.364 e. The van der Waals surface area contributed by atoms with E-state index in [-0.39, 0.29) is 5.15 Å². The van der Waals surface area contributed by atoms with Gasteiger partial charge in [0, 0.05) is 12.9 Å². The third kappa shape index (κ3) is 3.47. The lowest BCUT2D eigenvalue weighted by Crippen LogP contribution is -2.01. The molecule has 4 nitrogen and oxygen atoms in total. The van der Waals surface area contributed by atoms with Gasteiger partial charge in [0.05, 0.1) is 11.6 Å². The standard InChI is InChI=1S/C13H11Cl2N3OS/c1-19-8-18-12(15)11(14)17-13(18)20-7-10-4-2-9(6-16)3-5-10/h2-5H,7-8H2,1H3. The van der Waals surface area contributed by atoms with Crippen molar-refractivity contribution in [1.82, 2.24) is 9.55 Å². The van der Waals surface area contributed by atoms with Gasteiger partial charge in [-0.2, -0.15) is 5.26 Å². The van der Waals surface area contributed by atoms with E-state index in [1.807, 2.05) is 12.1 Å². The molecule has 2 aromatic rings. The molecular weight excluding hydrogens is 317 g/mol. The number of aromatic nitrogens is 2. The Morgan fingerprint density at radius 1 is 1.35 bits per heavy atom. The van der Waals surface area contributed by atoms with Gasteiger partial charge in [-0.05, 0) is 17.7 Å². The van der Waals surface area contributed by atoms with Gasteiger partial charge in [0.25, 0.3) is 0 Å². The molecule has 0 atom stereocenters. The minimum absolute atomic E-state index is 0.269. The fourth-order valence-corrected chi connectivity index (χ4v) is 2.96. The Balaban J connectivity index is 2.10. The van der Waals surface area contributed by atoms with Gasteiger partial charge < -0.3 is 4.74 Å². The summed E-state index contributed by atoms with van der Waals surface area (Å²) >= 11 is 13.5. The molecule has 20 heavy (non-hydrogen) atoms. The van der Waals surface area contributed by atoms with E-state index in [4.69, 9.17) is 33.2 Å². The van der Waals surface area contributed by atoms with Crippen molar-refractivity contribution in [2.75, 3.05) is 7.11 Å². The first kappa shape index (κ1) is 15.2. The molecule has 1 heterocycles. The molecule has 1 aromatic heterocycles. The number of methoxy groups -OCH3 is 1. The van der Waals surface area contributed by atoms with Crippen molar-refractivity contribution in [1.29, 1.82) is 5.26 Å². The Hall–Kier alpha value is -1.19. The van der Waals surface area contributed by atoms with Gasteiger partial charge in [-0.25, -0.2) is 4.98 Å². The molecule has 0 aliphatic heterocycles. The van der Waals surface area contributed by atoms with Crippen LogP contribution < -0.4 is 0 Å². The Morgan fingerprint density at radius 2 is 2.05 bits per heavy atom. The maximum absolute atomic E-state index is 8.75. The van der Waals surface area contributed by atoms with Gasteiger partial charge in [0.1, 0.15) is 6.73 Å². The van der Waals surface area contributed by atoms with E-state index >= 15 is 0 Å². The van der Waals surface area contributed by atoms with Crippen molar-refractivity contribution in [2.45, 2.75) is 17.6 Å². The molecule has 0 saturated carbocycles. The van der Waals surface area contributed by atoms with E-state index in [1.54, 1.807) is 23.8 Å². The van der Waals surface area contributed by atoms with Gasteiger partial charge in [-0.3, -0.25) is 4.57 Å². The molecule has 104 valence electrons. The highest BCUT2D eigenvalue weighted by atomic mass is 35.5. The number of nitrogens with zero attached hydrogens (tertiary/aromatic N) is 3. The predicted octanol–water partition coefficient (Wildman–Crippen LogP) is 3.96. The number of hydrogen-bond donors (Lipinski definition) is 0. The summed E-state index contributed by atoms with van der Waals surface area (Å²) in [6.45, 7) is 0.300. The summed E-state index contributed by atoms with van der Waals surface area (Å²) in [4.78, 5) is 4.20. The van der Waals surface area contributed by atoms with Crippen LogP contribution in [0.25, 0.3) is 0 Å². The molecule has 0 amide bonds. The van der Waals surface area contributed by atoms with Crippen LogP contribution in [0.2, 0.25) is 10.3 Å². The van der Waals surface area contributed by atoms with Crippen molar-refractivity contribution in [3.63, 3.8) is 0 Å². The average molecular weight is 328 g/mol. The molecular formula is C13H11Cl2N3OS. The van der Waals surface area contributed by atoms with Gasteiger partial charge in [0.15, 0.2) is 15.5 Å². The normalized spacial score (nSPS) is 10.5. The van der Waals surface area contributed by atoms with E-state index in [1.165, 1.54) is 11.8 Å². The Bertz CT molecular complexity index is 634. The summed E-state index contributed by atoms with van der Waals surface area (Å²) in [6.07, 6.45) is 0. The molecule has 0 unspecified atom stereocenters. The summed E-state index contributed by atoms with van der Waals surface area (Å²) in [7, 11) is 1.58. The summed E-state index contributed by atoms with van der Waals surface area (Å²) < 4.78 is 6.78. The molecule has 0 radical (unpaired) electrons. The molecule has 0 bridgehead atoms. The van der Waals surface area contributed by atoms with Crippen molar-refractivity contribution in [3.8, 4) is 6.07 Å². The lowest BCUT2D eigenvalue weighted by atomic mass is 10.2. The highest BCUT2D eigenvalue weighted by molar-refractivity contribution is 7.98. The number of thioether (sulfide) groups is 1. The fraction of sp³-hybridized carbons (Fsp3) is 0.231. The monoisotopic (exact) mass is 327 g/mol. The lowest BCUT2D eigenvalue weighted by molar-refractivity contribution is 0.124. The second kappa shape index (κ2) is 7.00. The van der Waals surface area contributed by atoms with Gasteiger partial charge in [0.2, 0.25) is 0 Å². The SMILES string of the molecule is COCn1c(SCc2ccc(C#N)cc2)nc(Cl)c1Cl. The zero-order valence-corrected chi connectivity index (χ0v) is 13.0. The molecule has 1 aromatic carbocycles. The molecule has 0 N–H and O–H groups in total. The number of nitriles is 1. The molecule has 0 spiro atoms. The van der Waals surface area contributed by atoms with E-state index in [0.29, 0.717) is 28.4 Å². The summed E-state index contributed by atoms with van der Waals surface area (Å²) in [5.74, 6) is 0.707. The fourth-order valence-electron chi connectivity index (χ4n) is 1.56. The zero-order valence-electron chi connectivity index (χ0n) is 10.6. The smallest absolute Gasteiger partial charge is 0.172 e. The molecule has 0 aliphatic carbocycles. The van der Waals surface area contributed by atoms with Crippen LogP contribution in [0.1, 0.15) is 11.1 Å². The quantitative estimate of drug-likeness (QED) is 0.780. The molecule has 7 heteroatoms. The number of halogens is 2. The number of ether oxygens (including phenoxy) is 1. The summed E-state index contributed by atoms with van der Waals surface area (Å²) in [6, 6.07) is 9.50. The highest BCUT2D eigenvalue weighted by Gasteiger charge is 2.14. The molecule has 2 rings (SSSR count). The first-order valence-electron chi connectivity index (χ1n) is 5.68. The Morgan fingerprint density at radius 3 is 2.65 bits per heavy atom. The highest BCUT2D eigenvalue weighted by Crippen LogP contribution is 2.30. The van der Waals surface area contributed by atoms with Crippen LogP contribution in [0, 0.1) is 11.3 Å². The minimum atomic E-state index is 0.269. The number of benzene rings is 1. The lowest BCUT2D eigenvalue weighted by Gasteiger charge is -2.07. The van der Waals surface area contributed by atoms with Crippen LogP contribution >= 0.6 is 35.0 Å². The summed E-state index contributed by atoms with van der Waals surface area (Å²) in [5.41, 5.74) is 1.74. The molecule has 0 aliphatic rings. The third-order valence-corrected chi connectivity index (χ3v) is 4.33. The van der Waals surface area contributed by atoms with Gasteiger partial charge in [-0.15, -0.1) is 0 Å². The number of hydrogen-bond acceptors (Lipinski definition) is 4. The molecule has 0 fully saturated rings. The second-order valence-electron chi connectivity index (χ2n) is 3.92. The van der Waals surface area contributed by atoms with Crippen LogP contribution in [0.4, 0.5) is 0 Å². The van der Waals surface area contributed by atoms with E-state index in [0.717, 1.165) is 5.56 Å². The predicted molar refractivity (Wildman–Crippen MR) is 80.0 cm³/mol. The first-order chi connectivity index (χ1) is 9.65. The van der Waals surface area contributed by atoms with Gasteiger partial charge >= 0.3 is 0 Å². The first-order valence-corrected chi connectivity index (χ1v) is 7.42. The topological polar surface area (TPSA) is 50.8 Å². The van der Waals surface area contributed by atoms with Crippen molar-refractivity contribution >= 4 is 35.0 Å². The van der Waals surface area contributed by atoms with E-state index in [9.17, 15) is 0 Å². The van der Waals surface area contributed by atoms with E-state index < -0.39 is 0 Å². The van der Waals surface area contributed by atoms with Crippen molar-refractivity contribution in [2.24, 2.45) is 0 Å². The second-order valence-corrected chi connectivity index (χ2v) is 5.58. The Labute approximate surface area is 131 Å². The van der Waals surface area contributed by atoms with Gasteiger partial charge in [-0.1, -0.05) is 47.1 Å². The van der Waals surface area contributed by atoms with Crippen LogP contribution in [0.5, 0.6) is 0 Å². The van der Waals surface area contributed by atoms with Crippen molar-refractivity contribution < 1.29 is 4.74 Å². The third-order valence-electron chi connectivity index (χ3n) is 2.54. The molecule has 0 saturated heterocycles.